The maximum absolute atomic E-state index is 13.4. The normalized spacial score (nSPS) is 10.3. The van der Waals surface area contributed by atoms with E-state index in [9.17, 15) is 4.39 Å². The molecule has 0 amide bonds. The van der Waals surface area contributed by atoms with E-state index in [1.165, 1.54) is 6.07 Å². The fraction of sp³-hybridized carbons (Fsp3) is 0. The largest absolute Gasteiger partial charge is 0.456 e. The molecule has 0 aromatic heterocycles. The summed E-state index contributed by atoms with van der Waals surface area (Å²) in [6.45, 7) is 0. The third kappa shape index (κ3) is 3.52. The second-order valence-electron chi connectivity index (χ2n) is 3.68. The minimum absolute atomic E-state index is 0.222. The summed E-state index contributed by atoms with van der Waals surface area (Å²) in [6.07, 6.45) is 0. The highest BCUT2D eigenvalue weighted by Gasteiger charge is 2.09. The number of halogens is 3. The van der Waals surface area contributed by atoms with Gasteiger partial charge in [-0.1, -0.05) is 28.1 Å². The van der Waals surface area contributed by atoms with Crippen molar-refractivity contribution in [2.75, 3.05) is 0 Å². The third-order valence-corrected chi connectivity index (χ3v) is 3.68. The molecule has 0 bridgehead atoms. The van der Waals surface area contributed by atoms with Crippen LogP contribution in [0, 0.1) is 5.82 Å². The van der Waals surface area contributed by atoms with E-state index in [2.05, 4.69) is 31.9 Å². The zero-order valence-electron chi connectivity index (χ0n) is 9.49. The van der Waals surface area contributed by atoms with Crippen molar-refractivity contribution in [3.05, 3.63) is 56.7 Å². The maximum atomic E-state index is 13.4. The number of hydrogen-bond acceptors (Lipinski definition) is 2. The van der Waals surface area contributed by atoms with Crippen LogP contribution in [0.4, 0.5) is 4.39 Å². The van der Waals surface area contributed by atoms with Gasteiger partial charge in [0, 0.05) is 10.5 Å². The van der Waals surface area contributed by atoms with Crippen molar-refractivity contribution in [3.8, 4) is 11.5 Å². The van der Waals surface area contributed by atoms with Crippen LogP contribution in [0.1, 0.15) is 5.56 Å². The molecule has 0 fully saturated rings. The monoisotopic (exact) mass is 403 g/mol. The summed E-state index contributed by atoms with van der Waals surface area (Å²) in [7, 11) is 0. The Kier molecular flexibility index (Phi) is 4.54. The van der Waals surface area contributed by atoms with Crippen molar-refractivity contribution in [2.45, 2.75) is 0 Å². The molecule has 0 unspecified atom stereocenters. The Hall–Kier alpha value is -0.980. The van der Waals surface area contributed by atoms with Crippen LogP contribution in [0.25, 0.3) is 0 Å². The molecule has 0 saturated heterocycles. The molecule has 0 saturated carbocycles. The lowest BCUT2D eigenvalue weighted by Crippen LogP contribution is -2.10. The predicted molar refractivity (Wildman–Crippen MR) is 84.2 cm³/mol. The van der Waals surface area contributed by atoms with Crippen molar-refractivity contribution in [3.63, 3.8) is 0 Å². The van der Waals surface area contributed by atoms with Crippen molar-refractivity contribution in [1.82, 2.24) is 0 Å². The van der Waals surface area contributed by atoms with E-state index >= 15 is 0 Å². The SMILES string of the molecule is NC(=S)c1ccc(Br)cc1Oc1ccc(Br)c(F)c1. The molecule has 0 atom stereocenters. The Morgan fingerprint density at radius 3 is 2.53 bits per heavy atom. The first kappa shape index (κ1) is 14.4. The molecule has 0 aliphatic rings. The average Bonchev–Trinajstić information content (AvgIpc) is 2.33. The molecule has 2 rings (SSSR count). The first-order valence-corrected chi connectivity index (χ1v) is 7.19. The van der Waals surface area contributed by atoms with Gasteiger partial charge >= 0.3 is 0 Å². The molecule has 0 aliphatic carbocycles. The molecule has 0 spiro atoms. The average molecular weight is 405 g/mol. The number of benzene rings is 2. The molecule has 0 heterocycles. The summed E-state index contributed by atoms with van der Waals surface area (Å²) in [6, 6.07) is 9.80. The molecule has 0 aliphatic heterocycles. The highest BCUT2D eigenvalue weighted by molar-refractivity contribution is 9.10. The first-order chi connectivity index (χ1) is 8.97. The Bertz CT molecular complexity index is 649. The summed E-state index contributed by atoms with van der Waals surface area (Å²) < 4.78 is 20.3. The van der Waals surface area contributed by atoms with Crippen LogP contribution in [-0.4, -0.2) is 4.99 Å². The minimum Gasteiger partial charge on any atom is -0.456 e. The van der Waals surface area contributed by atoms with Gasteiger partial charge in [0.25, 0.3) is 0 Å². The summed E-state index contributed by atoms with van der Waals surface area (Å²) in [5, 5.41) is 0. The standard InChI is InChI=1S/C13H8Br2FNOS/c14-7-1-3-9(13(17)19)12(5-7)18-8-2-4-10(15)11(16)6-8/h1-6H,(H2,17,19). The molecule has 2 N–H and O–H groups in total. The predicted octanol–water partition coefficient (Wildman–Crippen LogP) is 4.78. The van der Waals surface area contributed by atoms with Crippen LogP contribution in [0.3, 0.4) is 0 Å². The van der Waals surface area contributed by atoms with Gasteiger partial charge in [-0.05, 0) is 46.3 Å². The van der Waals surface area contributed by atoms with Gasteiger partial charge in [0.15, 0.2) is 0 Å². The van der Waals surface area contributed by atoms with Crippen LogP contribution in [0.2, 0.25) is 0 Å². The first-order valence-electron chi connectivity index (χ1n) is 5.19. The van der Waals surface area contributed by atoms with Crippen molar-refractivity contribution in [2.24, 2.45) is 5.73 Å². The van der Waals surface area contributed by atoms with E-state index in [0.717, 1.165) is 4.47 Å². The molecule has 2 aromatic carbocycles. The van der Waals surface area contributed by atoms with Crippen LogP contribution in [0.5, 0.6) is 11.5 Å². The molecular formula is C13H8Br2FNOS. The van der Waals surface area contributed by atoms with E-state index in [1.807, 2.05) is 6.07 Å². The smallest absolute Gasteiger partial charge is 0.141 e. The lowest BCUT2D eigenvalue weighted by Gasteiger charge is -2.11. The maximum Gasteiger partial charge on any atom is 0.141 e. The summed E-state index contributed by atoms with van der Waals surface area (Å²) in [5.41, 5.74) is 6.23. The Morgan fingerprint density at radius 1 is 1.16 bits per heavy atom. The van der Waals surface area contributed by atoms with E-state index in [1.54, 1.807) is 24.3 Å². The zero-order chi connectivity index (χ0) is 14.0. The van der Waals surface area contributed by atoms with E-state index in [4.69, 9.17) is 22.7 Å². The Balaban J connectivity index is 2.39. The van der Waals surface area contributed by atoms with Gasteiger partial charge in [0.05, 0.1) is 10.0 Å². The minimum atomic E-state index is -0.399. The van der Waals surface area contributed by atoms with Gasteiger partial charge in [-0.15, -0.1) is 0 Å². The summed E-state index contributed by atoms with van der Waals surface area (Å²) in [5.74, 6) is 0.448. The number of nitrogens with two attached hydrogens (primary N) is 1. The summed E-state index contributed by atoms with van der Waals surface area (Å²) >= 11 is 11.4. The van der Waals surface area contributed by atoms with E-state index < -0.39 is 5.82 Å². The summed E-state index contributed by atoms with van der Waals surface area (Å²) in [4.78, 5) is 0.222. The third-order valence-electron chi connectivity index (χ3n) is 2.33. The van der Waals surface area contributed by atoms with Gasteiger partial charge in [0.1, 0.15) is 22.3 Å². The molecule has 98 valence electrons. The highest BCUT2D eigenvalue weighted by Crippen LogP contribution is 2.30. The topological polar surface area (TPSA) is 35.2 Å². The van der Waals surface area contributed by atoms with Crippen LogP contribution in [-0.2, 0) is 0 Å². The van der Waals surface area contributed by atoms with Crippen LogP contribution in [0.15, 0.2) is 45.3 Å². The zero-order valence-corrected chi connectivity index (χ0v) is 13.5. The fourth-order valence-corrected chi connectivity index (χ4v) is 2.21. The van der Waals surface area contributed by atoms with Crippen molar-refractivity contribution in [1.29, 1.82) is 0 Å². The number of hydrogen-bond donors (Lipinski definition) is 1. The van der Waals surface area contributed by atoms with E-state index in [0.29, 0.717) is 21.5 Å². The van der Waals surface area contributed by atoms with Gasteiger partial charge in [0.2, 0.25) is 0 Å². The highest BCUT2D eigenvalue weighted by atomic mass is 79.9. The number of ether oxygens (including phenoxy) is 1. The quantitative estimate of drug-likeness (QED) is 0.747. The molecular weight excluding hydrogens is 397 g/mol. The van der Waals surface area contributed by atoms with E-state index in [-0.39, 0.29) is 4.99 Å². The molecule has 19 heavy (non-hydrogen) atoms. The van der Waals surface area contributed by atoms with Gasteiger partial charge in [-0.25, -0.2) is 4.39 Å². The molecule has 2 nitrogen and oxygen atoms in total. The van der Waals surface area contributed by atoms with Crippen LogP contribution >= 0.6 is 44.1 Å². The lowest BCUT2D eigenvalue weighted by molar-refractivity contribution is 0.475. The molecule has 2 aromatic rings. The second-order valence-corrected chi connectivity index (χ2v) is 5.89. The Morgan fingerprint density at radius 2 is 1.89 bits per heavy atom. The number of thiocarbonyl (C=S) groups is 1. The fourth-order valence-electron chi connectivity index (χ4n) is 1.45. The van der Waals surface area contributed by atoms with Gasteiger partial charge < -0.3 is 10.5 Å². The number of rotatable bonds is 3. The van der Waals surface area contributed by atoms with Crippen molar-refractivity contribution >= 4 is 49.1 Å². The van der Waals surface area contributed by atoms with Crippen molar-refractivity contribution < 1.29 is 9.13 Å². The van der Waals surface area contributed by atoms with Gasteiger partial charge in [-0.3, -0.25) is 0 Å². The molecule has 6 heteroatoms. The second kappa shape index (κ2) is 5.98. The lowest BCUT2D eigenvalue weighted by atomic mass is 10.2. The van der Waals surface area contributed by atoms with Crippen LogP contribution < -0.4 is 10.5 Å². The molecule has 0 radical (unpaired) electrons. The Labute approximate surface area is 132 Å². The van der Waals surface area contributed by atoms with Gasteiger partial charge in [-0.2, -0.15) is 0 Å².